The van der Waals surface area contributed by atoms with Gasteiger partial charge in [0.2, 0.25) is 0 Å². The van der Waals surface area contributed by atoms with Gasteiger partial charge in [-0.05, 0) is 37.0 Å². The minimum Gasteiger partial charge on any atom is -0.411 e. The first-order valence-electron chi connectivity index (χ1n) is 10.8. The molecule has 6 nitrogen and oxygen atoms in total. The zero-order valence-corrected chi connectivity index (χ0v) is 20.1. The van der Waals surface area contributed by atoms with Crippen LogP contribution in [0.5, 0.6) is 0 Å². The van der Waals surface area contributed by atoms with Gasteiger partial charge in [-0.25, -0.2) is 0 Å². The summed E-state index contributed by atoms with van der Waals surface area (Å²) in [5, 5.41) is 0. The Labute approximate surface area is 211 Å². The summed E-state index contributed by atoms with van der Waals surface area (Å²) in [6, 6.07) is 28.0. The molecule has 0 saturated carbocycles. The van der Waals surface area contributed by atoms with E-state index in [4.69, 9.17) is 9.97 Å². The van der Waals surface area contributed by atoms with Crippen molar-refractivity contribution in [2.45, 2.75) is 19.3 Å². The molecule has 0 unspecified atom stereocenters. The van der Waals surface area contributed by atoms with Gasteiger partial charge in [0.05, 0.1) is 11.6 Å². The third-order valence-electron chi connectivity index (χ3n) is 5.99. The van der Waals surface area contributed by atoms with Gasteiger partial charge in [-0.3, -0.25) is 9.97 Å². The Hall–Kier alpha value is -3.66. The van der Waals surface area contributed by atoms with Gasteiger partial charge >= 0.3 is 20.4 Å². The number of aromatic nitrogens is 6. The summed E-state index contributed by atoms with van der Waals surface area (Å²) in [7, 11) is 0. The van der Waals surface area contributed by atoms with Crippen LogP contribution in [0.1, 0.15) is 25.2 Å². The van der Waals surface area contributed by atoms with Crippen LogP contribution in [0.4, 0.5) is 0 Å². The molecular weight excluding hydrogens is 515 g/mol. The maximum atomic E-state index is 4.98. The molecule has 0 amide bonds. The van der Waals surface area contributed by atoms with Gasteiger partial charge in [0, 0.05) is 29.5 Å². The topological polar surface area (TPSA) is 61.4 Å². The van der Waals surface area contributed by atoms with E-state index in [2.05, 4.69) is 36.5 Å². The van der Waals surface area contributed by atoms with Crippen LogP contribution in [0.3, 0.4) is 0 Å². The van der Waals surface area contributed by atoms with E-state index in [1.807, 2.05) is 94.1 Å². The first-order chi connectivity index (χ1) is 16.1. The number of para-hydroxylation sites is 4. The van der Waals surface area contributed by atoms with Gasteiger partial charge in [0.25, 0.3) is 0 Å². The summed E-state index contributed by atoms with van der Waals surface area (Å²) in [4.78, 5) is 18.7. The largest absolute Gasteiger partial charge is 2.00 e. The summed E-state index contributed by atoms with van der Waals surface area (Å²) in [6.45, 7) is 4.27. The summed E-state index contributed by atoms with van der Waals surface area (Å²) < 4.78 is 3.79. The number of rotatable bonds is 4. The van der Waals surface area contributed by atoms with Crippen molar-refractivity contribution >= 4 is 22.1 Å². The molecule has 6 rings (SSSR count). The predicted octanol–water partition coefficient (Wildman–Crippen LogP) is 5.08. The van der Waals surface area contributed by atoms with Gasteiger partial charge in [-0.1, -0.05) is 83.8 Å². The molecule has 4 heterocycles. The molecular formula is C27H20N6Pd. The Morgan fingerprint density at radius 1 is 0.588 bits per heavy atom. The first-order valence-corrected chi connectivity index (χ1v) is 10.8. The van der Waals surface area contributed by atoms with E-state index in [9.17, 15) is 0 Å². The van der Waals surface area contributed by atoms with Crippen molar-refractivity contribution in [3.63, 3.8) is 0 Å². The Kier molecular flexibility index (Phi) is 5.60. The van der Waals surface area contributed by atoms with Gasteiger partial charge in [0.1, 0.15) is 0 Å². The van der Waals surface area contributed by atoms with E-state index in [1.54, 1.807) is 0 Å². The second-order valence-corrected chi connectivity index (χ2v) is 8.46. The molecule has 0 N–H and O–H groups in total. The third-order valence-corrected chi connectivity index (χ3v) is 5.99. The van der Waals surface area contributed by atoms with Crippen LogP contribution in [0, 0.1) is 12.7 Å². The molecule has 2 aromatic carbocycles. The fourth-order valence-electron chi connectivity index (χ4n) is 4.08. The SMILES string of the molecule is CC(C)(c1cccc(-n2[c-]nc3ccccc32)n1)c1cccc(-n2[c-]nc3ccccc32)n1.[Pd+2]. The molecule has 0 bridgehead atoms. The van der Waals surface area contributed by atoms with E-state index in [0.717, 1.165) is 45.1 Å². The molecule has 34 heavy (non-hydrogen) atoms. The van der Waals surface area contributed by atoms with E-state index >= 15 is 0 Å². The van der Waals surface area contributed by atoms with Crippen molar-refractivity contribution in [2.75, 3.05) is 0 Å². The second-order valence-electron chi connectivity index (χ2n) is 8.46. The predicted molar refractivity (Wildman–Crippen MR) is 128 cm³/mol. The smallest absolute Gasteiger partial charge is 0.411 e. The number of nitrogens with zero attached hydrogens (tertiary/aromatic N) is 6. The fourth-order valence-corrected chi connectivity index (χ4v) is 4.08. The fraction of sp³-hybridized carbons (Fsp3) is 0.111. The zero-order chi connectivity index (χ0) is 22.4. The second kappa shape index (κ2) is 8.60. The summed E-state index contributed by atoms with van der Waals surface area (Å²) in [5.41, 5.74) is 5.12. The minimum atomic E-state index is -0.432. The maximum absolute atomic E-state index is 4.98. The molecule has 0 aliphatic rings. The average Bonchev–Trinajstić information content (AvgIpc) is 3.49. The summed E-state index contributed by atoms with van der Waals surface area (Å²) in [5.74, 6) is 1.55. The molecule has 0 saturated heterocycles. The van der Waals surface area contributed by atoms with E-state index in [1.165, 1.54) is 0 Å². The third kappa shape index (κ3) is 3.64. The van der Waals surface area contributed by atoms with Crippen LogP contribution in [-0.4, -0.2) is 29.1 Å². The molecule has 7 heteroatoms. The zero-order valence-electron chi connectivity index (χ0n) is 18.6. The number of hydrogen-bond acceptors (Lipinski definition) is 4. The number of hydrogen-bond donors (Lipinski definition) is 0. The van der Waals surface area contributed by atoms with Crippen molar-refractivity contribution in [3.05, 3.63) is 109 Å². The standard InChI is InChI=1S/C27H20N6.Pd/c1-27(2,23-13-7-15-25(30-23)32-17-28-19-9-3-5-11-21(19)32)24-14-8-16-26(31-24)33-18-29-20-10-4-6-12-22(20)33;/h3-16H,1-2H3;/q-2;+2. The van der Waals surface area contributed by atoms with Crippen LogP contribution in [0.25, 0.3) is 33.7 Å². The van der Waals surface area contributed by atoms with Gasteiger partial charge < -0.3 is 19.1 Å². The number of pyridine rings is 2. The minimum absolute atomic E-state index is 0. The number of imidazole rings is 2. The van der Waals surface area contributed by atoms with Gasteiger partial charge in [0.15, 0.2) is 0 Å². The molecule has 0 spiro atoms. The van der Waals surface area contributed by atoms with Crippen LogP contribution >= 0.6 is 0 Å². The van der Waals surface area contributed by atoms with Crippen molar-refractivity contribution in [1.82, 2.24) is 29.1 Å². The van der Waals surface area contributed by atoms with Crippen molar-refractivity contribution < 1.29 is 20.4 Å². The molecule has 0 fully saturated rings. The van der Waals surface area contributed by atoms with E-state index < -0.39 is 5.41 Å². The van der Waals surface area contributed by atoms with Crippen molar-refractivity contribution in [3.8, 4) is 11.6 Å². The molecule has 6 aromatic rings. The monoisotopic (exact) mass is 534 g/mol. The van der Waals surface area contributed by atoms with E-state index in [-0.39, 0.29) is 20.4 Å². The molecule has 4 aromatic heterocycles. The molecule has 0 aliphatic carbocycles. The molecule has 0 atom stereocenters. The first kappa shape index (κ1) is 22.2. The summed E-state index contributed by atoms with van der Waals surface area (Å²) in [6.07, 6.45) is 6.13. The normalized spacial score (nSPS) is 11.6. The number of fused-ring (bicyclic) bond motifs is 2. The van der Waals surface area contributed by atoms with Gasteiger partial charge in [-0.15, -0.1) is 0 Å². The molecule has 0 radical (unpaired) electrons. The Morgan fingerprint density at radius 3 is 1.50 bits per heavy atom. The quantitative estimate of drug-likeness (QED) is 0.234. The Morgan fingerprint density at radius 2 is 1.03 bits per heavy atom. The number of benzene rings is 2. The van der Waals surface area contributed by atoms with Crippen LogP contribution in [-0.2, 0) is 25.8 Å². The summed E-state index contributed by atoms with van der Waals surface area (Å²) >= 11 is 0. The van der Waals surface area contributed by atoms with Crippen LogP contribution < -0.4 is 0 Å². The van der Waals surface area contributed by atoms with Gasteiger partial charge in [-0.2, -0.15) is 0 Å². The molecule has 168 valence electrons. The average molecular weight is 535 g/mol. The Balaban J connectivity index is 0.00000241. The van der Waals surface area contributed by atoms with Crippen LogP contribution in [0.2, 0.25) is 0 Å². The van der Waals surface area contributed by atoms with Crippen molar-refractivity contribution in [2.24, 2.45) is 0 Å². The Bertz CT molecular complexity index is 1490. The van der Waals surface area contributed by atoms with E-state index in [0.29, 0.717) is 0 Å². The van der Waals surface area contributed by atoms with Crippen molar-refractivity contribution in [1.29, 1.82) is 0 Å². The van der Waals surface area contributed by atoms with Crippen LogP contribution in [0.15, 0.2) is 84.9 Å². The maximum Gasteiger partial charge on any atom is 2.00 e. The molecule has 0 aliphatic heterocycles.